The van der Waals surface area contributed by atoms with Gasteiger partial charge in [-0.2, -0.15) is 0 Å². The van der Waals surface area contributed by atoms with Crippen molar-refractivity contribution in [1.29, 1.82) is 0 Å². The third-order valence-electron chi connectivity index (χ3n) is 2.28. The molecule has 0 bridgehead atoms. The number of hydrogen-bond donors (Lipinski definition) is 1. The fourth-order valence-electron chi connectivity index (χ4n) is 1.42. The van der Waals surface area contributed by atoms with Crippen LogP contribution in [-0.2, 0) is 13.2 Å². The molecule has 0 spiro atoms. The monoisotopic (exact) mass is 296 g/mol. The molecular formula is C12H13BrN2O2. The highest BCUT2D eigenvalue weighted by molar-refractivity contribution is 9.10. The molecule has 0 radical (unpaired) electrons. The third-order valence-corrected chi connectivity index (χ3v) is 2.90. The molecular weight excluding hydrogens is 284 g/mol. The Morgan fingerprint density at radius 3 is 2.82 bits per heavy atom. The lowest BCUT2D eigenvalue weighted by molar-refractivity contribution is 0.247. The number of rotatable bonds is 4. The van der Waals surface area contributed by atoms with Crippen LogP contribution < -0.4 is 10.5 Å². The molecule has 0 amide bonds. The minimum atomic E-state index is 0.363. The Hall–Kier alpha value is -1.33. The van der Waals surface area contributed by atoms with Crippen molar-refractivity contribution in [3.8, 4) is 5.75 Å². The van der Waals surface area contributed by atoms with Gasteiger partial charge in [-0.05, 0) is 40.5 Å². The summed E-state index contributed by atoms with van der Waals surface area (Å²) in [6.45, 7) is 2.75. The molecule has 4 nitrogen and oxygen atoms in total. The zero-order valence-electron chi connectivity index (χ0n) is 9.44. The number of ether oxygens (including phenoxy) is 1. The van der Waals surface area contributed by atoms with Gasteiger partial charge in [0.15, 0.2) is 5.76 Å². The lowest BCUT2D eigenvalue weighted by Crippen LogP contribution is -1.98. The maximum absolute atomic E-state index is 5.61. The summed E-state index contributed by atoms with van der Waals surface area (Å²) < 4.78 is 11.6. The lowest BCUT2D eigenvalue weighted by atomic mass is 10.2. The molecule has 90 valence electrons. The van der Waals surface area contributed by atoms with Crippen LogP contribution in [0.2, 0.25) is 0 Å². The minimum Gasteiger partial charge on any atom is -0.484 e. The highest BCUT2D eigenvalue weighted by Gasteiger charge is 2.05. The van der Waals surface area contributed by atoms with Crippen molar-refractivity contribution in [3.05, 3.63) is 45.8 Å². The van der Waals surface area contributed by atoms with Crippen molar-refractivity contribution >= 4 is 15.9 Å². The van der Waals surface area contributed by atoms with Gasteiger partial charge >= 0.3 is 0 Å². The molecule has 17 heavy (non-hydrogen) atoms. The van der Waals surface area contributed by atoms with Crippen molar-refractivity contribution in [1.82, 2.24) is 5.16 Å². The predicted octanol–water partition coefficient (Wildman–Crippen LogP) is 2.78. The van der Waals surface area contributed by atoms with Gasteiger partial charge in [-0.3, -0.25) is 0 Å². The summed E-state index contributed by atoms with van der Waals surface area (Å²) in [6, 6.07) is 7.62. The Labute approximate surface area is 108 Å². The molecule has 0 aliphatic rings. The number of nitrogens with zero attached hydrogens (tertiary/aromatic N) is 1. The van der Waals surface area contributed by atoms with Crippen LogP contribution in [0.1, 0.15) is 17.0 Å². The standard InChI is InChI=1S/C12H13BrN2O2/c1-8-4-10(17-15-8)7-16-12-3-2-9(6-14)5-11(12)13/h2-5H,6-7,14H2,1H3. The number of aromatic nitrogens is 1. The van der Waals surface area contributed by atoms with Gasteiger partial charge in [-0.15, -0.1) is 0 Å². The average molecular weight is 297 g/mol. The zero-order valence-corrected chi connectivity index (χ0v) is 11.0. The Morgan fingerprint density at radius 2 is 2.24 bits per heavy atom. The Morgan fingerprint density at radius 1 is 1.41 bits per heavy atom. The minimum absolute atomic E-state index is 0.363. The second kappa shape index (κ2) is 5.33. The summed E-state index contributed by atoms with van der Waals surface area (Å²) in [4.78, 5) is 0. The first-order valence-electron chi connectivity index (χ1n) is 5.22. The maximum Gasteiger partial charge on any atom is 0.174 e. The lowest BCUT2D eigenvalue weighted by Gasteiger charge is -2.07. The van der Waals surface area contributed by atoms with Crippen LogP contribution >= 0.6 is 15.9 Å². The van der Waals surface area contributed by atoms with Crippen LogP contribution in [0.4, 0.5) is 0 Å². The normalized spacial score (nSPS) is 10.5. The van der Waals surface area contributed by atoms with Crippen LogP contribution in [-0.4, -0.2) is 5.16 Å². The molecule has 2 rings (SSSR count). The number of nitrogens with two attached hydrogens (primary N) is 1. The summed E-state index contributed by atoms with van der Waals surface area (Å²) in [5.41, 5.74) is 7.46. The number of aryl methyl sites for hydroxylation is 1. The number of hydrogen-bond acceptors (Lipinski definition) is 4. The van der Waals surface area contributed by atoms with E-state index in [4.69, 9.17) is 15.0 Å². The van der Waals surface area contributed by atoms with Gasteiger partial charge in [0.2, 0.25) is 0 Å². The van der Waals surface area contributed by atoms with Crippen molar-refractivity contribution in [2.45, 2.75) is 20.1 Å². The van der Waals surface area contributed by atoms with E-state index in [-0.39, 0.29) is 0 Å². The van der Waals surface area contributed by atoms with Crippen LogP contribution in [0.3, 0.4) is 0 Å². The van der Waals surface area contributed by atoms with E-state index < -0.39 is 0 Å². The molecule has 5 heteroatoms. The maximum atomic E-state index is 5.61. The first kappa shape index (κ1) is 12.1. The quantitative estimate of drug-likeness (QED) is 0.942. The summed E-state index contributed by atoms with van der Waals surface area (Å²) in [5, 5.41) is 3.80. The van der Waals surface area contributed by atoms with Gasteiger partial charge in [0, 0.05) is 12.6 Å². The molecule has 0 fully saturated rings. The van der Waals surface area contributed by atoms with Gasteiger partial charge in [0.25, 0.3) is 0 Å². The van der Waals surface area contributed by atoms with Gasteiger partial charge < -0.3 is 15.0 Å². The SMILES string of the molecule is Cc1cc(COc2ccc(CN)cc2Br)on1. The zero-order chi connectivity index (χ0) is 12.3. The van der Waals surface area contributed by atoms with E-state index >= 15 is 0 Å². The highest BCUT2D eigenvalue weighted by atomic mass is 79.9. The number of halogens is 1. The van der Waals surface area contributed by atoms with E-state index in [2.05, 4.69) is 21.1 Å². The summed E-state index contributed by atoms with van der Waals surface area (Å²) in [5.74, 6) is 1.47. The molecule has 2 aromatic rings. The topological polar surface area (TPSA) is 61.3 Å². The Kier molecular flexibility index (Phi) is 3.81. The Balaban J connectivity index is 2.04. The number of benzene rings is 1. The molecule has 0 saturated carbocycles. The van der Waals surface area contributed by atoms with E-state index in [1.165, 1.54) is 0 Å². The first-order valence-corrected chi connectivity index (χ1v) is 6.02. The molecule has 2 N–H and O–H groups in total. The largest absolute Gasteiger partial charge is 0.484 e. The van der Waals surface area contributed by atoms with Gasteiger partial charge in [-0.1, -0.05) is 11.2 Å². The molecule has 1 heterocycles. The molecule has 0 saturated heterocycles. The van der Waals surface area contributed by atoms with Crippen LogP contribution in [0.5, 0.6) is 5.75 Å². The fraction of sp³-hybridized carbons (Fsp3) is 0.250. The van der Waals surface area contributed by atoms with E-state index in [9.17, 15) is 0 Å². The Bertz CT molecular complexity index is 511. The second-order valence-corrected chi connectivity index (χ2v) is 4.55. The van der Waals surface area contributed by atoms with Crippen molar-refractivity contribution in [3.63, 3.8) is 0 Å². The first-order chi connectivity index (χ1) is 8.19. The molecule has 0 unspecified atom stereocenters. The van der Waals surface area contributed by atoms with E-state index in [1.807, 2.05) is 31.2 Å². The van der Waals surface area contributed by atoms with E-state index in [0.717, 1.165) is 21.5 Å². The molecule has 0 aliphatic carbocycles. The predicted molar refractivity (Wildman–Crippen MR) is 67.6 cm³/mol. The van der Waals surface area contributed by atoms with Gasteiger partial charge in [0.05, 0.1) is 10.2 Å². The summed E-state index contributed by atoms with van der Waals surface area (Å²) in [6.07, 6.45) is 0. The third kappa shape index (κ3) is 3.08. The van der Waals surface area contributed by atoms with Gasteiger partial charge in [-0.25, -0.2) is 0 Å². The molecule has 0 aliphatic heterocycles. The van der Waals surface area contributed by atoms with Crippen LogP contribution in [0, 0.1) is 6.92 Å². The van der Waals surface area contributed by atoms with E-state index in [1.54, 1.807) is 0 Å². The fourth-order valence-corrected chi connectivity index (χ4v) is 1.96. The van der Waals surface area contributed by atoms with Crippen molar-refractivity contribution < 1.29 is 9.26 Å². The average Bonchev–Trinajstić information content (AvgIpc) is 2.73. The molecule has 1 aromatic carbocycles. The van der Waals surface area contributed by atoms with Crippen molar-refractivity contribution in [2.24, 2.45) is 5.73 Å². The summed E-state index contributed by atoms with van der Waals surface area (Å²) in [7, 11) is 0. The highest BCUT2D eigenvalue weighted by Crippen LogP contribution is 2.26. The van der Waals surface area contributed by atoms with E-state index in [0.29, 0.717) is 18.9 Å². The smallest absolute Gasteiger partial charge is 0.174 e. The molecule has 1 aromatic heterocycles. The van der Waals surface area contributed by atoms with Crippen molar-refractivity contribution in [2.75, 3.05) is 0 Å². The van der Waals surface area contributed by atoms with Gasteiger partial charge in [0.1, 0.15) is 12.4 Å². The summed E-state index contributed by atoms with van der Waals surface area (Å²) >= 11 is 3.44. The van der Waals surface area contributed by atoms with Crippen LogP contribution in [0.15, 0.2) is 33.3 Å². The molecule has 0 atom stereocenters. The second-order valence-electron chi connectivity index (χ2n) is 3.69. The van der Waals surface area contributed by atoms with Crippen LogP contribution in [0.25, 0.3) is 0 Å².